The quantitative estimate of drug-likeness (QED) is 0.578. The van der Waals surface area contributed by atoms with Crippen LogP contribution in [0.25, 0.3) is 6.08 Å². The van der Waals surface area contributed by atoms with Crippen molar-refractivity contribution in [3.05, 3.63) is 41.2 Å². The smallest absolute Gasteiger partial charge is 0.241 e. The summed E-state index contributed by atoms with van der Waals surface area (Å²) in [6, 6.07) is 4.07. The lowest BCUT2D eigenvalue weighted by molar-refractivity contribution is -0.113. The molecule has 0 radical (unpaired) electrons. The maximum atomic E-state index is 13.1. The molecule has 0 bridgehead atoms. The summed E-state index contributed by atoms with van der Waals surface area (Å²) >= 11 is 0. The van der Waals surface area contributed by atoms with E-state index in [0.717, 1.165) is 6.08 Å². The molecule has 0 aliphatic rings. The number of benzene rings is 1. The van der Waals surface area contributed by atoms with Crippen molar-refractivity contribution in [2.24, 2.45) is 5.73 Å². The van der Waals surface area contributed by atoms with Crippen LogP contribution in [-0.4, -0.2) is 12.2 Å². The Hall–Kier alpha value is -1.97. The van der Waals surface area contributed by atoms with Crippen LogP contribution in [0.5, 0.6) is 0 Å². The lowest BCUT2D eigenvalue weighted by Crippen LogP contribution is -2.05. The monoisotopic (exact) mass is 193 g/mol. The van der Waals surface area contributed by atoms with Crippen LogP contribution in [0.15, 0.2) is 24.3 Å². The second kappa shape index (κ2) is 4.32. The van der Waals surface area contributed by atoms with E-state index in [4.69, 9.17) is 5.73 Å². The molecule has 0 aliphatic carbocycles. The Morgan fingerprint density at radius 3 is 2.71 bits per heavy atom. The first-order valence-electron chi connectivity index (χ1n) is 3.86. The van der Waals surface area contributed by atoms with Gasteiger partial charge in [-0.1, -0.05) is 12.1 Å². The highest BCUT2D eigenvalue weighted by atomic mass is 19.1. The number of carbonyl (C=O) groups excluding carboxylic acids is 2. The Bertz CT molecular complexity index is 399. The topological polar surface area (TPSA) is 60.2 Å². The summed E-state index contributed by atoms with van der Waals surface area (Å²) < 4.78 is 13.1. The molecule has 72 valence electrons. The van der Waals surface area contributed by atoms with Crippen molar-refractivity contribution in [3.8, 4) is 0 Å². The number of halogens is 1. The van der Waals surface area contributed by atoms with Crippen molar-refractivity contribution in [2.75, 3.05) is 0 Å². The lowest BCUT2D eigenvalue weighted by Gasteiger charge is -1.99. The van der Waals surface area contributed by atoms with Gasteiger partial charge in [-0.05, 0) is 12.1 Å². The van der Waals surface area contributed by atoms with E-state index in [0.29, 0.717) is 6.29 Å². The zero-order valence-corrected chi connectivity index (χ0v) is 7.24. The highest BCUT2D eigenvalue weighted by Gasteiger charge is 2.03. The van der Waals surface area contributed by atoms with Gasteiger partial charge >= 0.3 is 0 Å². The number of aldehydes is 1. The highest BCUT2D eigenvalue weighted by Crippen LogP contribution is 2.13. The van der Waals surface area contributed by atoms with Gasteiger partial charge in [0.15, 0.2) is 6.29 Å². The first-order chi connectivity index (χ1) is 6.65. The molecule has 14 heavy (non-hydrogen) atoms. The number of nitrogens with two attached hydrogens (primary N) is 1. The standard InChI is InChI=1S/C10H8FNO2/c11-9-3-1-2-7(6-13)8(9)4-5-10(12)14/h1-6H,(H2,12,14). The van der Waals surface area contributed by atoms with Crippen molar-refractivity contribution >= 4 is 18.3 Å². The van der Waals surface area contributed by atoms with Gasteiger partial charge in [0.25, 0.3) is 0 Å². The maximum Gasteiger partial charge on any atom is 0.241 e. The Kier molecular flexibility index (Phi) is 3.12. The molecule has 3 nitrogen and oxygen atoms in total. The van der Waals surface area contributed by atoms with E-state index >= 15 is 0 Å². The number of primary amides is 1. The predicted molar refractivity (Wildman–Crippen MR) is 50.0 cm³/mol. The summed E-state index contributed by atoms with van der Waals surface area (Å²) in [6.07, 6.45) is 2.70. The minimum Gasteiger partial charge on any atom is -0.366 e. The molecule has 4 heteroatoms. The molecular formula is C10H8FNO2. The van der Waals surface area contributed by atoms with E-state index in [1.165, 1.54) is 24.3 Å². The predicted octanol–water partition coefficient (Wildman–Crippen LogP) is 1.14. The Morgan fingerprint density at radius 2 is 2.14 bits per heavy atom. The normalized spacial score (nSPS) is 10.4. The summed E-state index contributed by atoms with van der Waals surface area (Å²) in [4.78, 5) is 20.9. The lowest BCUT2D eigenvalue weighted by atomic mass is 10.1. The molecule has 0 saturated heterocycles. The first kappa shape index (κ1) is 10.1. The molecule has 0 saturated carbocycles. The Labute approximate surface area is 80.0 Å². The molecule has 1 rings (SSSR count). The van der Waals surface area contributed by atoms with Crippen molar-refractivity contribution < 1.29 is 14.0 Å². The zero-order chi connectivity index (χ0) is 10.6. The summed E-state index contributed by atoms with van der Waals surface area (Å²) in [5.41, 5.74) is 5.10. The van der Waals surface area contributed by atoms with Crippen LogP contribution in [0.1, 0.15) is 15.9 Å². The Morgan fingerprint density at radius 1 is 1.43 bits per heavy atom. The SMILES string of the molecule is NC(=O)C=Cc1c(F)cccc1C=O. The van der Waals surface area contributed by atoms with Gasteiger partial charge in [0.1, 0.15) is 5.82 Å². The fourth-order valence-corrected chi connectivity index (χ4v) is 0.998. The van der Waals surface area contributed by atoms with Gasteiger partial charge in [-0.15, -0.1) is 0 Å². The van der Waals surface area contributed by atoms with Crippen LogP contribution in [0.2, 0.25) is 0 Å². The molecule has 0 fully saturated rings. The molecule has 0 unspecified atom stereocenters. The average Bonchev–Trinajstić information content (AvgIpc) is 2.15. The van der Waals surface area contributed by atoms with Crippen molar-refractivity contribution in [3.63, 3.8) is 0 Å². The van der Waals surface area contributed by atoms with E-state index in [1.807, 2.05) is 0 Å². The summed E-state index contributed by atoms with van der Waals surface area (Å²) in [5, 5.41) is 0. The van der Waals surface area contributed by atoms with Crippen LogP contribution < -0.4 is 5.73 Å². The van der Waals surface area contributed by atoms with E-state index in [1.54, 1.807) is 0 Å². The second-order valence-electron chi connectivity index (χ2n) is 2.60. The summed E-state index contributed by atoms with van der Waals surface area (Å²) in [6.45, 7) is 0. The molecule has 2 N–H and O–H groups in total. The number of amides is 1. The van der Waals surface area contributed by atoms with Crippen LogP contribution in [0.4, 0.5) is 4.39 Å². The Balaban J connectivity index is 3.17. The number of hydrogen-bond donors (Lipinski definition) is 1. The van der Waals surface area contributed by atoms with E-state index < -0.39 is 11.7 Å². The molecular weight excluding hydrogens is 185 g/mol. The van der Waals surface area contributed by atoms with Crippen LogP contribution in [0, 0.1) is 5.82 Å². The first-order valence-corrected chi connectivity index (χ1v) is 3.86. The van der Waals surface area contributed by atoms with Gasteiger partial charge < -0.3 is 5.73 Å². The largest absolute Gasteiger partial charge is 0.366 e. The summed E-state index contributed by atoms with van der Waals surface area (Å²) in [7, 11) is 0. The maximum absolute atomic E-state index is 13.1. The van der Waals surface area contributed by atoms with E-state index in [2.05, 4.69) is 0 Å². The van der Waals surface area contributed by atoms with Gasteiger partial charge in [-0.25, -0.2) is 4.39 Å². The fraction of sp³-hybridized carbons (Fsp3) is 0. The van der Waals surface area contributed by atoms with E-state index in [-0.39, 0.29) is 11.1 Å². The number of rotatable bonds is 3. The molecule has 0 heterocycles. The van der Waals surface area contributed by atoms with Crippen molar-refractivity contribution in [1.29, 1.82) is 0 Å². The third-order valence-electron chi connectivity index (χ3n) is 1.63. The molecule has 0 aromatic heterocycles. The molecule has 1 amide bonds. The van der Waals surface area contributed by atoms with Gasteiger partial charge in [0.05, 0.1) is 0 Å². The molecule has 0 aliphatic heterocycles. The van der Waals surface area contributed by atoms with Gasteiger partial charge in [0.2, 0.25) is 5.91 Å². The minimum atomic E-state index is -0.690. The number of hydrogen-bond acceptors (Lipinski definition) is 2. The van der Waals surface area contributed by atoms with Crippen molar-refractivity contribution in [1.82, 2.24) is 0 Å². The van der Waals surface area contributed by atoms with Crippen LogP contribution in [-0.2, 0) is 4.79 Å². The zero-order valence-electron chi connectivity index (χ0n) is 7.24. The number of carbonyl (C=O) groups is 2. The molecule has 1 aromatic rings. The molecule has 0 spiro atoms. The van der Waals surface area contributed by atoms with E-state index in [9.17, 15) is 14.0 Å². The molecule has 0 atom stereocenters. The van der Waals surface area contributed by atoms with Gasteiger partial charge in [-0.3, -0.25) is 9.59 Å². The fourth-order valence-electron chi connectivity index (χ4n) is 0.998. The highest BCUT2D eigenvalue weighted by molar-refractivity contribution is 5.92. The minimum absolute atomic E-state index is 0.0706. The van der Waals surface area contributed by atoms with Crippen LogP contribution in [0.3, 0.4) is 0 Å². The molecule has 1 aromatic carbocycles. The van der Waals surface area contributed by atoms with Gasteiger partial charge in [-0.2, -0.15) is 0 Å². The third kappa shape index (κ3) is 2.26. The average molecular weight is 193 g/mol. The second-order valence-corrected chi connectivity index (χ2v) is 2.60. The third-order valence-corrected chi connectivity index (χ3v) is 1.63. The van der Waals surface area contributed by atoms with Gasteiger partial charge in [0, 0.05) is 17.2 Å². The van der Waals surface area contributed by atoms with Crippen molar-refractivity contribution in [2.45, 2.75) is 0 Å². The summed E-state index contributed by atoms with van der Waals surface area (Å²) in [5.74, 6) is -1.25. The van der Waals surface area contributed by atoms with Crippen LogP contribution >= 0.6 is 0 Å².